The van der Waals surface area contributed by atoms with Gasteiger partial charge in [-0.25, -0.2) is 23.1 Å². The van der Waals surface area contributed by atoms with Crippen molar-refractivity contribution >= 4 is 61.7 Å². The largest absolute Gasteiger partial charge is 0.390 e. The van der Waals surface area contributed by atoms with E-state index in [0.717, 1.165) is 38.9 Å². The van der Waals surface area contributed by atoms with Gasteiger partial charge in [0.1, 0.15) is 34.7 Å². The molecule has 1 aliphatic carbocycles. The number of piperidine rings is 2. The Kier molecular flexibility index (Phi) is 14.0. The zero-order valence-electron chi connectivity index (χ0n) is 45.2. The summed E-state index contributed by atoms with van der Waals surface area (Å²) < 4.78 is 79.6. The molecule has 1 saturated carbocycles. The first-order valence-electron chi connectivity index (χ1n) is 27.5. The number of anilines is 4. The van der Waals surface area contributed by atoms with Crippen molar-refractivity contribution in [2.75, 3.05) is 59.6 Å². The highest BCUT2D eigenvalue weighted by atomic mass is 32.2. The monoisotopic (exact) mass is 1130 g/mol. The minimum Gasteiger partial charge on any atom is -0.390 e. The van der Waals surface area contributed by atoms with Gasteiger partial charge in [0, 0.05) is 92.4 Å². The Morgan fingerprint density at radius 1 is 0.780 bits per heavy atom. The number of amides is 2. The van der Waals surface area contributed by atoms with Gasteiger partial charge in [0.2, 0.25) is 17.6 Å². The molecule has 19 heteroatoms. The first-order chi connectivity index (χ1) is 39.5. The van der Waals surface area contributed by atoms with Crippen molar-refractivity contribution in [2.24, 2.45) is 11.3 Å². The van der Waals surface area contributed by atoms with Crippen LogP contribution >= 0.6 is 0 Å². The van der Waals surface area contributed by atoms with Gasteiger partial charge < -0.3 is 24.8 Å². The second-order valence-corrected chi connectivity index (χ2v) is 24.0. The lowest BCUT2D eigenvalue weighted by Gasteiger charge is -2.65. The van der Waals surface area contributed by atoms with E-state index >= 15 is 18.0 Å². The molecule has 3 aliphatic heterocycles. The topological polar surface area (TPSA) is 182 Å². The first-order valence-corrected chi connectivity index (χ1v) is 29.0. The van der Waals surface area contributed by atoms with Crippen LogP contribution in [0.4, 0.5) is 36.1 Å². The highest BCUT2D eigenvalue weighted by molar-refractivity contribution is 7.90. The van der Waals surface area contributed by atoms with Gasteiger partial charge in [-0.2, -0.15) is 12.7 Å². The molecular formula is C63H60F3N9O6S. The zero-order chi connectivity index (χ0) is 57.1. The van der Waals surface area contributed by atoms with Crippen LogP contribution in [0.2, 0.25) is 0 Å². The number of pyridine rings is 2. The van der Waals surface area contributed by atoms with Gasteiger partial charge >= 0.3 is 10.2 Å². The van der Waals surface area contributed by atoms with E-state index in [2.05, 4.69) is 20.3 Å². The molecule has 1 atom stereocenters. The lowest BCUT2D eigenvalue weighted by molar-refractivity contribution is -0.177. The van der Waals surface area contributed by atoms with Crippen molar-refractivity contribution in [3.05, 3.63) is 203 Å². The number of hydrogen-bond donors (Lipinski definition) is 4. The van der Waals surface area contributed by atoms with E-state index in [-0.39, 0.29) is 41.2 Å². The molecule has 5 aromatic carbocycles. The molecule has 2 amide bonds. The maximum Gasteiger partial charge on any atom is 0.301 e. The van der Waals surface area contributed by atoms with Crippen LogP contribution in [-0.4, -0.2) is 101 Å². The van der Waals surface area contributed by atoms with Gasteiger partial charge in [0.15, 0.2) is 5.82 Å². The predicted octanol–water partition coefficient (Wildman–Crippen LogP) is 9.66. The van der Waals surface area contributed by atoms with E-state index < -0.39 is 67.8 Å². The van der Waals surface area contributed by atoms with Crippen LogP contribution < -0.4 is 25.2 Å². The summed E-state index contributed by atoms with van der Waals surface area (Å²) in [5.74, 6) is -3.90. The van der Waals surface area contributed by atoms with E-state index in [9.17, 15) is 23.1 Å². The molecule has 4 aliphatic rings. The second-order valence-electron chi connectivity index (χ2n) is 22.2. The molecule has 4 fully saturated rings. The Balaban J connectivity index is 0.802. The number of aliphatic hydroxyl groups is 1. The number of aromatic nitrogens is 3. The quantitative estimate of drug-likeness (QED) is 0.0411. The lowest BCUT2D eigenvalue weighted by atomic mass is 9.51. The Morgan fingerprint density at radius 2 is 1.41 bits per heavy atom. The maximum absolute atomic E-state index is 16.8. The fraction of sp³-hybridized carbons (Fsp3) is 0.286. The third kappa shape index (κ3) is 9.62. The number of carbonyl (C=O) groups is 3. The first kappa shape index (κ1) is 54.2. The number of nitrogens with zero attached hydrogens (tertiary/aromatic N) is 6. The van der Waals surface area contributed by atoms with E-state index in [1.807, 2.05) is 113 Å². The molecule has 420 valence electrons. The summed E-state index contributed by atoms with van der Waals surface area (Å²) in [6, 6.07) is 40.8. The van der Waals surface area contributed by atoms with E-state index in [1.165, 1.54) is 13.1 Å². The minimum absolute atomic E-state index is 0.0577. The molecular weight excluding hydrogens is 1070 g/mol. The highest BCUT2D eigenvalue weighted by Gasteiger charge is 2.62. The van der Waals surface area contributed by atoms with Gasteiger partial charge in [-0.3, -0.25) is 24.4 Å². The third-order valence-corrected chi connectivity index (χ3v) is 18.7. The Morgan fingerprint density at radius 3 is 2.00 bits per heavy atom. The average molecular weight is 1130 g/mol. The molecule has 0 radical (unpaired) electrons. The van der Waals surface area contributed by atoms with Crippen LogP contribution in [0, 0.1) is 28.8 Å². The molecule has 1 unspecified atom stereocenters. The molecule has 12 rings (SSSR count). The summed E-state index contributed by atoms with van der Waals surface area (Å²) in [7, 11) is -2.96. The van der Waals surface area contributed by atoms with Gasteiger partial charge in [0.25, 0.3) is 0 Å². The Hall–Kier alpha value is -8.39. The zero-order valence-corrected chi connectivity index (χ0v) is 46.0. The van der Waals surface area contributed by atoms with Crippen molar-refractivity contribution in [2.45, 2.75) is 62.6 Å². The third-order valence-electron chi connectivity index (χ3n) is 17.2. The second kappa shape index (κ2) is 21.2. The predicted molar refractivity (Wildman–Crippen MR) is 308 cm³/mol. The SMILES string of the molecule is CCN(C)S(=O)(=O)Nc1ccc(F)c(C(=O)c2cn(C(c3ccccc3)(c3ccccc3)c3ccccc3)c3ncc(-c4ccc(N5CC6(C5)CC(O)(C5CCN(c7ccc(NC8CCC(=O)NC8=O)cc7F)CC5)C6)nc4)cc23)c1F. The Bertz CT molecular complexity index is 3770. The molecule has 1 spiro atoms. The number of halogens is 3. The molecule has 3 saturated heterocycles. The van der Waals surface area contributed by atoms with Crippen LogP contribution in [-0.2, 0) is 25.3 Å². The van der Waals surface area contributed by atoms with E-state index in [0.29, 0.717) is 86.4 Å². The lowest BCUT2D eigenvalue weighted by Crippen LogP contribution is -2.70. The molecule has 3 aromatic heterocycles. The van der Waals surface area contributed by atoms with Crippen molar-refractivity contribution in [3.63, 3.8) is 0 Å². The standard InChI is InChI=1S/C63H60F3N9O6S/c1-3-72(2)82(80,81)71-51-22-21-49(64)56(57(51)66)58(77)48-35-75(63(43-13-7-4-8-14-43,44-15-9-5-10-16-44)45-17-11-6-12-18-45)59-47(48)31-41(34-68-59)40-19-25-54(67-33-40)74-38-61(39-74)36-62(79,37-61)42-27-29-73(30-28-42)53-24-20-46(32-50(53)65)69-52-23-26-55(76)70-60(52)78/h4-22,24-25,31-35,42,52,69,71,79H,3,23,26-30,36-39H2,1-2H3,(H,70,76,78). The summed E-state index contributed by atoms with van der Waals surface area (Å²) in [4.78, 5) is 53.1. The van der Waals surface area contributed by atoms with Gasteiger partial charge in [-0.15, -0.1) is 0 Å². The molecule has 82 heavy (non-hydrogen) atoms. The number of benzene rings is 5. The molecule has 8 aromatic rings. The van der Waals surface area contributed by atoms with Gasteiger partial charge in [0.05, 0.1) is 28.1 Å². The van der Waals surface area contributed by atoms with E-state index in [4.69, 9.17) is 9.97 Å². The fourth-order valence-corrected chi connectivity index (χ4v) is 13.9. The average Bonchev–Trinajstić information content (AvgIpc) is 3.27. The molecule has 6 heterocycles. The number of hydrogen-bond acceptors (Lipinski definition) is 11. The molecule has 0 bridgehead atoms. The van der Waals surface area contributed by atoms with Crippen LogP contribution in [0.3, 0.4) is 0 Å². The minimum atomic E-state index is -4.27. The summed E-state index contributed by atoms with van der Waals surface area (Å²) in [6.45, 7) is 4.29. The molecule has 4 N–H and O–H groups in total. The number of carbonyl (C=O) groups excluding carboxylic acids is 3. The van der Waals surface area contributed by atoms with E-state index in [1.54, 1.807) is 43.7 Å². The number of fused-ring (bicyclic) bond motifs is 1. The van der Waals surface area contributed by atoms with Crippen molar-refractivity contribution < 1.29 is 41.1 Å². The Labute approximate surface area is 473 Å². The van der Waals surface area contributed by atoms with Gasteiger partial charge in [-0.1, -0.05) is 97.9 Å². The number of nitrogens with one attached hydrogen (secondary N) is 3. The number of rotatable bonds is 16. The number of ketones is 1. The normalized spacial score (nSPS) is 18.1. The van der Waals surface area contributed by atoms with Crippen LogP contribution in [0.15, 0.2) is 158 Å². The van der Waals surface area contributed by atoms with Gasteiger partial charge in [-0.05, 0) is 103 Å². The van der Waals surface area contributed by atoms with Crippen LogP contribution in [0.5, 0.6) is 0 Å². The fourth-order valence-electron chi connectivity index (χ4n) is 13.0. The molecule has 15 nitrogen and oxygen atoms in total. The summed E-state index contributed by atoms with van der Waals surface area (Å²) >= 11 is 0. The maximum atomic E-state index is 16.8. The van der Waals surface area contributed by atoms with Crippen LogP contribution in [0.1, 0.15) is 78.1 Å². The summed E-state index contributed by atoms with van der Waals surface area (Å²) in [6.07, 6.45) is 8.29. The smallest absolute Gasteiger partial charge is 0.301 e. The number of imide groups is 1. The summed E-state index contributed by atoms with van der Waals surface area (Å²) in [5.41, 5.74) is 1.24. The highest BCUT2D eigenvalue weighted by Crippen LogP contribution is 2.59. The van der Waals surface area contributed by atoms with Crippen molar-refractivity contribution in [1.82, 2.24) is 24.2 Å². The van der Waals surface area contributed by atoms with Crippen molar-refractivity contribution in [1.29, 1.82) is 0 Å². The van der Waals surface area contributed by atoms with Crippen molar-refractivity contribution in [3.8, 4) is 11.1 Å². The summed E-state index contributed by atoms with van der Waals surface area (Å²) in [5, 5.41) is 17.6. The van der Waals surface area contributed by atoms with Crippen LogP contribution in [0.25, 0.3) is 22.2 Å².